The topological polar surface area (TPSA) is 78.5 Å². The van der Waals surface area contributed by atoms with E-state index in [2.05, 4.69) is 9.97 Å². The number of fused-ring (bicyclic) bond motifs is 2. The summed E-state index contributed by atoms with van der Waals surface area (Å²) in [5, 5.41) is 10.3. The van der Waals surface area contributed by atoms with Crippen LogP contribution in [0.15, 0.2) is 6.33 Å². The van der Waals surface area contributed by atoms with Gasteiger partial charge >= 0.3 is 0 Å². The Morgan fingerprint density at radius 1 is 1.27 bits per heavy atom. The van der Waals surface area contributed by atoms with Gasteiger partial charge in [0.15, 0.2) is 5.60 Å². The van der Waals surface area contributed by atoms with Crippen LogP contribution in [0.25, 0.3) is 0 Å². The highest BCUT2D eigenvalue weighted by Gasteiger charge is 2.43. The first-order valence-corrected chi connectivity index (χ1v) is 9.13. The molecule has 0 radical (unpaired) electrons. The van der Waals surface area contributed by atoms with Gasteiger partial charge in [-0.05, 0) is 50.8 Å². The van der Waals surface area contributed by atoms with Crippen LogP contribution in [0.2, 0.25) is 0 Å². The molecule has 1 aromatic heterocycles. The number of carbonyl (C=O) groups excluding carboxylic acids is 1. The zero-order chi connectivity index (χ0) is 18.6. The summed E-state index contributed by atoms with van der Waals surface area (Å²) in [5.41, 5.74) is 4.78. The van der Waals surface area contributed by atoms with Crippen molar-refractivity contribution in [3.05, 3.63) is 40.0 Å². The van der Waals surface area contributed by atoms with E-state index in [-0.39, 0.29) is 5.91 Å². The number of H-pyrrole nitrogens is 1. The van der Waals surface area contributed by atoms with Crippen LogP contribution in [0, 0.1) is 20.8 Å². The lowest BCUT2D eigenvalue weighted by molar-refractivity contribution is -0.149. The number of imidazole rings is 1. The second-order valence-corrected chi connectivity index (χ2v) is 7.67. The number of hydrogen-bond acceptors (Lipinski definition) is 4. The number of carbonyl (C=O) groups is 1. The van der Waals surface area contributed by atoms with E-state index in [0.717, 1.165) is 52.2 Å². The molecule has 0 aliphatic carbocycles. The quantitative estimate of drug-likeness (QED) is 0.824. The molecule has 138 valence electrons. The lowest BCUT2D eigenvalue weighted by atomic mass is 9.86. The van der Waals surface area contributed by atoms with Gasteiger partial charge in [0.05, 0.1) is 24.3 Å². The molecule has 1 amide bonds. The Balaban J connectivity index is 1.64. The summed E-state index contributed by atoms with van der Waals surface area (Å²) in [6.45, 7) is 8.85. The van der Waals surface area contributed by atoms with Gasteiger partial charge in [-0.2, -0.15) is 0 Å². The minimum Gasteiger partial charge on any atom is -0.507 e. The van der Waals surface area contributed by atoms with Crippen LogP contribution in [0.1, 0.15) is 47.0 Å². The number of phenols is 1. The van der Waals surface area contributed by atoms with Crippen molar-refractivity contribution < 1.29 is 14.6 Å². The van der Waals surface area contributed by atoms with E-state index in [0.29, 0.717) is 25.3 Å². The highest BCUT2D eigenvalue weighted by Crippen LogP contribution is 2.43. The van der Waals surface area contributed by atoms with E-state index in [1.54, 1.807) is 6.33 Å². The maximum atomic E-state index is 13.3. The predicted molar refractivity (Wildman–Crippen MR) is 97.4 cm³/mol. The zero-order valence-electron chi connectivity index (χ0n) is 15.8. The normalized spacial score (nSPS) is 21.8. The van der Waals surface area contributed by atoms with Crippen LogP contribution >= 0.6 is 0 Å². The third kappa shape index (κ3) is 2.39. The summed E-state index contributed by atoms with van der Waals surface area (Å²) < 4.78 is 6.32. The Morgan fingerprint density at radius 3 is 2.81 bits per heavy atom. The van der Waals surface area contributed by atoms with Gasteiger partial charge < -0.3 is 19.7 Å². The third-order valence-corrected chi connectivity index (χ3v) is 6.03. The van der Waals surface area contributed by atoms with Crippen LogP contribution in [0.5, 0.6) is 11.5 Å². The standard InChI is InChI=1S/C20H25N3O3/c1-11-12(2)18-14(13(3)17(11)24)5-7-20(4,26-18)19(25)23-8-6-15-16(9-23)22-10-21-15/h10,24H,5-9H2,1-4H3,(H,21,22)/t20-/m1/s1. The van der Waals surface area contributed by atoms with Gasteiger partial charge in [-0.3, -0.25) is 4.79 Å². The van der Waals surface area contributed by atoms with Gasteiger partial charge in [0.25, 0.3) is 5.91 Å². The molecule has 6 heteroatoms. The second kappa shape index (κ2) is 5.76. The molecule has 1 aromatic carbocycles. The lowest BCUT2D eigenvalue weighted by Crippen LogP contribution is -2.53. The highest BCUT2D eigenvalue weighted by molar-refractivity contribution is 5.86. The Labute approximate surface area is 153 Å². The molecule has 0 fully saturated rings. The molecule has 2 aliphatic heterocycles. The fourth-order valence-corrected chi connectivity index (χ4v) is 4.12. The molecule has 3 heterocycles. The first-order chi connectivity index (χ1) is 12.3. The average molecular weight is 355 g/mol. The molecular formula is C20H25N3O3. The number of aromatic hydroxyl groups is 1. The third-order valence-electron chi connectivity index (χ3n) is 6.03. The van der Waals surface area contributed by atoms with E-state index < -0.39 is 5.60 Å². The number of aromatic nitrogens is 2. The van der Waals surface area contributed by atoms with Crippen molar-refractivity contribution in [2.45, 2.75) is 59.1 Å². The van der Waals surface area contributed by atoms with Crippen LogP contribution in [0.4, 0.5) is 0 Å². The minimum atomic E-state index is -0.884. The van der Waals surface area contributed by atoms with Crippen molar-refractivity contribution in [2.24, 2.45) is 0 Å². The molecule has 4 rings (SSSR count). The summed E-state index contributed by atoms with van der Waals surface area (Å²) in [7, 11) is 0. The fraction of sp³-hybridized carbons (Fsp3) is 0.500. The molecule has 0 bridgehead atoms. The molecule has 0 unspecified atom stereocenters. The number of nitrogens with one attached hydrogen (secondary N) is 1. The number of ether oxygens (including phenoxy) is 1. The van der Waals surface area contributed by atoms with E-state index >= 15 is 0 Å². The Hall–Kier alpha value is -2.50. The van der Waals surface area contributed by atoms with Crippen LogP contribution in [-0.2, 0) is 24.2 Å². The van der Waals surface area contributed by atoms with Crippen molar-refractivity contribution in [3.8, 4) is 11.5 Å². The molecular weight excluding hydrogens is 330 g/mol. The van der Waals surface area contributed by atoms with Crippen molar-refractivity contribution in [2.75, 3.05) is 6.54 Å². The molecule has 26 heavy (non-hydrogen) atoms. The number of aromatic amines is 1. The summed E-state index contributed by atoms with van der Waals surface area (Å²) in [6, 6.07) is 0. The summed E-state index contributed by atoms with van der Waals surface area (Å²) >= 11 is 0. The van der Waals surface area contributed by atoms with Gasteiger partial charge in [-0.25, -0.2) is 4.98 Å². The Bertz CT molecular complexity index is 902. The molecule has 1 atom stereocenters. The highest BCUT2D eigenvalue weighted by atomic mass is 16.5. The van der Waals surface area contributed by atoms with Gasteiger partial charge in [0.1, 0.15) is 11.5 Å². The molecule has 6 nitrogen and oxygen atoms in total. The molecule has 0 saturated heterocycles. The number of nitrogens with zero attached hydrogens (tertiary/aromatic N) is 2. The first kappa shape index (κ1) is 16.9. The monoisotopic (exact) mass is 355 g/mol. The van der Waals surface area contributed by atoms with Gasteiger partial charge in [0.2, 0.25) is 0 Å². The number of amides is 1. The fourth-order valence-electron chi connectivity index (χ4n) is 4.12. The second-order valence-electron chi connectivity index (χ2n) is 7.67. The number of hydrogen-bond donors (Lipinski definition) is 2. The summed E-state index contributed by atoms with van der Waals surface area (Å²) in [5.74, 6) is 1.12. The summed E-state index contributed by atoms with van der Waals surface area (Å²) in [4.78, 5) is 22.6. The predicted octanol–water partition coefficient (Wildman–Crippen LogP) is 2.71. The molecule has 0 saturated carbocycles. The largest absolute Gasteiger partial charge is 0.507 e. The zero-order valence-corrected chi connectivity index (χ0v) is 15.8. The average Bonchev–Trinajstić information content (AvgIpc) is 3.11. The van der Waals surface area contributed by atoms with Crippen molar-refractivity contribution in [1.82, 2.24) is 14.9 Å². The van der Waals surface area contributed by atoms with Crippen molar-refractivity contribution in [3.63, 3.8) is 0 Å². The smallest absolute Gasteiger partial charge is 0.266 e. The maximum absolute atomic E-state index is 13.3. The number of benzene rings is 1. The summed E-state index contributed by atoms with van der Waals surface area (Å²) in [6.07, 6.45) is 3.78. The van der Waals surface area contributed by atoms with Crippen molar-refractivity contribution >= 4 is 5.91 Å². The van der Waals surface area contributed by atoms with Gasteiger partial charge in [-0.1, -0.05) is 0 Å². The molecule has 2 aromatic rings. The lowest BCUT2D eigenvalue weighted by Gasteiger charge is -2.40. The van der Waals surface area contributed by atoms with E-state index in [9.17, 15) is 9.90 Å². The molecule has 2 aliphatic rings. The van der Waals surface area contributed by atoms with Crippen LogP contribution in [-0.4, -0.2) is 38.0 Å². The maximum Gasteiger partial charge on any atom is 0.266 e. The number of phenolic OH excluding ortho intramolecular Hbond substituents is 1. The van der Waals surface area contributed by atoms with Crippen LogP contribution < -0.4 is 4.74 Å². The van der Waals surface area contributed by atoms with Crippen LogP contribution in [0.3, 0.4) is 0 Å². The van der Waals surface area contributed by atoms with Gasteiger partial charge in [0, 0.05) is 24.9 Å². The van der Waals surface area contributed by atoms with E-state index in [4.69, 9.17) is 4.74 Å². The Kier molecular flexibility index (Phi) is 3.75. The van der Waals surface area contributed by atoms with E-state index in [1.807, 2.05) is 32.6 Å². The Morgan fingerprint density at radius 2 is 2.04 bits per heavy atom. The van der Waals surface area contributed by atoms with E-state index in [1.165, 1.54) is 0 Å². The molecule has 0 spiro atoms. The van der Waals surface area contributed by atoms with Crippen molar-refractivity contribution in [1.29, 1.82) is 0 Å². The number of rotatable bonds is 1. The molecule has 2 N–H and O–H groups in total. The first-order valence-electron chi connectivity index (χ1n) is 9.13. The van der Waals surface area contributed by atoms with Gasteiger partial charge in [-0.15, -0.1) is 0 Å². The SMILES string of the molecule is Cc1c(C)c2c(c(C)c1O)CC[C@](C)(C(=O)N1CCc3nc[nH]c3C1)O2. The minimum absolute atomic E-state index is 0.0196.